The first-order valence-electron chi connectivity index (χ1n) is 9.35. The van der Waals surface area contributed by atoms with E-state index in [0.717, 1.165) is 0 Å². The molecule has 0 saturated heterocycles. The van der Waals surface area contributed by atoms with Crippen molar-refractivity contribution in [1.82, 2.24) is 4.57 Å². The highest BCUT2D eigenvalue weighted by Crippen LogP contribution is 2.31. The second-order valence-corrected chi connectivity index (χ2v) is 7.32. The van der Waals surface area contributed by atoms with Gasteiger partial charge in [0, 0.05) is 12.6 Å². The maximum atomic E-state index is 14.4. The van der Waals surface area contributed by atoms with Crippen molar-refractivity contribution in [1.29, 1.82) is 0 Å². The van der Waals surface area contributed by atoms with Crippen molar-refractivity contribution < 1.29 is 24.1 Å². The monoisotopic (exact) mass is 433 g/mol. The number of carbonyl (C=O) groups is 1. The zero-order valence-electron chi connectivity index (χ0n) is 16.5. The number of hydrogen-bond donors (Lipinski definition) is 2. The van der Waals surface area contributed by atoms with E-state index in [4.69, 9.17) is 16.3 Å². The Balaban J connectivity index is 2.32. The molecule has 0 fully saturated rings. The van der Waals surface area contributed by atoms with Crippen molar-refractivity contribution in [3.63, 3.8) is 0 Å². The summed E-state index contributed by atoms with van der Waals surface area (Å²) in [7, 11) is 1.43. The number of aliphatic hydroxyl groups is 1. The number of aromatic nitrogens is 1. The predicted molar refractivity (Wildman–Crippen MR) is 112 cm³/mol. The van der Waals surface area contributed by atoms with E-state index in [1.807, 2.05) is 6.92 Å². The molecule has 30 heavy (non-hydrogen) atoms. The maximum absolute atomic E-state index is 14.4. The van der Waals surface area contributed by atoms with Gasteiger partial charge in [0.2, 0.25) is 5.43 Å². The van der Waals surface area contributed by atoms with Crippen LogP contribution in [0.4, 0.5) is 4.39 Å². The van der Waals surface area contributed by atoms with Crippen LogP contribution in [0.15, 0.2) is 41.3 Å². The van der Waals surface area contributed by atoms with Crippen molar-refractivity contribution in [3.05, 3.63) is 74.3 Å². The predicted octanol–water partition coefficient (Wildman–Crippen LogP) is 4.04. The van der Waals surface area contributed by atoms with Crippen LogP contribution in [0.1, 0.15) is 40.9 Å². The molecule has 1 heterocycles. The molecular weight excluding hydrogens is 413 g/mol. The van der Waals surface area contributed by atoms with Crippen LogP contribution >= 0.6 is 11.6 Å². The van der Waals surface area contributed by atoms with Gasteiger partial charge in [-0.2, -0.15) is 0 Å². The maximum Gasteiger partial charge on any atom is 0.341 e. The van der Waals surface area contributed by atoms with Gasteiger partial charge in [-0.05, 0) is 35.7 Å². The summed E-state index contributed by atoms with van der Waals surface area (Å²) in [6.07, 6.45) is 1.87. The molecule has 1 unspecified atom stereocenters. The van der Waals surface area contributed by atoms with Crippen LogP contribution in [0.3, 0.4) is 0 Å². The van der Waals surface area contributed by atoms with Crippen LogP contribution < -0.4 is 10.2 Å². The first-order valence-corrected chi connectivity index (χ1v) is 9.72. The number of carboxylic acid groups (broad SMARTS) is 1. The van der Waals surface area contributed by atoms with E-state index < -0.39 is 28.8 Å². The highest BCUT2D eigenvalue weighted by Gasteiger charge is 2.22. The second kappa shape index (κ2) is 8.85. The van der Waals surface area contributed by atoms with Gasteiger partial charge in [0.05, 0.1) is 35.7 Å². The van der Waals surface area contributed by atoms with Crippen molar-refractivity contribution in [2.24, 2.45) is 0 Å². The average molecular weight is 434 g/mol. The molecule has 3 rings (SSSR count). The molecule has 0 amide bonds. The lowest BCUT2D eigenvalue weighted by Crippen LogP contribution is -2.23. The van der Waals surface area contributed by atoms with E-state index in [1.165, 1.54) is 25.4 Å². The lowest BCUT2D eigenvalue weighted by molar-refractivity contribution is 0.0694. The summed E-state index contributed by atoms with van der Waals surface area (Å²) in [6.45, 7) is 1.60. The largest absolute Gasteiger partial charge is 0.495 e. The molecule has 0 aliphatic rings. The molecule has 0 aliphatic carbocycles. The number of hydrogen-bond acceptors (Lipinski definition) is 4. The minimum Gasteiger partial charge on any atom is -0.495 e. The smallest absolute Gasteiger partial charge is 0.341 e. The topological polar surface area (TPSA) is 88.8 Å². The van der Waals surface area contributed by atoms with Gasteiger partial charge < -0.3 is 19.5 Å². The van der Waals surface area contributed by atoms with Crippen LogP contribution in [0.25, 0.3) is 10.9 Å². The van der Waals surface area contributed by atoms with Gasteiger partial charge in [-0.15, -0.1) is 0 Å². The molecule has 2 N–H and O–H groups in total. The quantitative estimate of drug-likeness (QED) is 0.587. The molecule has 0 saturated carbocycles. The summed E-state index contributed by atoms with van der Waals surface area (Å²) in [5, 5.41) is 19.4. The van der Waals surface area contributed by atoms with Crippen LogP contribution in [0.2, 0.25) is 5.02 Å². The number of methoxy groups -OCH3 is 1. The van der Waals surface area contributed by atoms with E-state index in [1.54, 1.807) is 22.8 Å². The fourth-order valence-corrected chi connectivity index (χ4v) is 3.72. The zero-order valence-corrected chi connectivity index (χ0v) is 17.2. The fraction of sp³-hybridized carbons (Fsp3) is 0.273. The molecule has 8 heteroatoms. The Labute approximate surface area is 177 Å². The highest BCUT2D eigenvalue weighted by molar-refractivity contribution is 6.30. The number of nitrogens with zero attached hydrogens (tertiary/aromatic N) is 1. The third-order valence-corrected chi connectivity index (χ3v) is 5.39. The zero-order chi connectivity index (χ0) is 22.0. The molecule has 6 nitrogen and oxygen atoms in total. The molecule has 1 aromatic heterocycles. The Kier molecular flexibility index (Phi) is 6.43. The number of pyridine rings is 1. The van der Waals surface area contributed by atoms with Gasteiger partial charge in [-0.3, -0.25) is 4.79 Å². The second-order valence-electron chi connectivity index (χ2n) is 6.91. The molecule has 1 atom stereocenters. The molecule has 3 aromatic rings. The van der Waals surface area contributed by atoms with Crippen LogP contribution in [0.5, 0.6) is 5.75 Å². The first kappa shape index (κ1) is 21.8. The van der Waals surface area contributed by atoms with Gasteiger partial charge >= 0.3 is 5.97 Å². The van der Waals surface area contributed by atoms with Gasteiger partial charge in [0.25, 0.3) is 0 Å². The molecule has 158 valence electrons. The van der Waals surface area contributed by atoms with E-state index in [9.17, 15) is 24.2 Å². The number of aliphatic hydroxyl groups excluding tert-OH is 1. The molecule has 0 spiro atoms. The summed E-state index contributed by atoms with van der Waals surface area (Å²) in [5.41, 5.74) is 0.184. The van der Waals surface area contributed by atoms with Crippen LogP contribution in [-0.2, 0) is 6.42 Å². The third-order valence-electron chi connectivity index (χ3n) is 5.10. The number of aromatic carboxylic acids is 1. The number of benzene rings is 2. The van der Waals surface area contributed by atoms with Gasteiger partial charge in [-0.1, -0.05) is 30.7 Å². The number of halogens is 2. The summed E-state index contributed by atoms with van der Waals surface area (Å²) in [6, 6.07) is 7.41. The summed E-state index contributed by atoms with van der Waals surface area (Å²) >= 11 is 5.86. The number of fused-ring (bicyclic) bond motifs is 1. The van der Waals surface area contributed by atoms with Gasteiger partial charge in [0.15, 0.2) is 0 Å². The minimum absolute atomic E-state index is 0.00972. The Morgan fingerprint density at radius 3 is 2.67 bits per heavy atom. The Morgan fingerprint density at radius 2 is 2.07 bits per heavy atom. The molecular formula is C22H21ClFNO5. The van der Waals surface area contributed by atoms with E-state index in [0.29, 0.717) is 28.8 Å². The fourth-order valence-electron chi connectivity index (χ4n) is 3.53. The lowest BCUT2D eigenvalue weighted by Gasteiger charge is -2.22. The standard InChI is InChI=1S/C22H21ClFNO5/c1-3-14(11-26)25-10-16(22(28)29)21(27)15-8-12(9-18(30-2)20(15)25)7-13-5-4-6-17(23)19(13)24/h4-6,8-10,14,26H,3,7,11H2,1-2H3,(H,28,29). The van der Waals surface area contributed by atoms with Gasteiger partial charge in [0.1, 0.15) is 17.1 Å². The van der Waals surface area contributed by atoms with E-state index in [2.05, 4.69) is 0 Å². The van der Waals surface area contributed by atoms with Crippen molar-refractivity contribution >= 4 is 28.5 Å². The van der Waals surface area contributed by atoms with Crippen molar-refractivity contribution in [3.8, 4) is 5.75 Å². The van der Waals surface area contributed by atoms with E-state index in [-0.39, 0.29) is 23.4 Å². The Morgan fingerprint density at radius 1 is 1.33 bits per heavy atom. The van der Waals surface area contributed by atoms with E-state index >= 15 is 0 Å². The normalized spacial score (nSPS) is 12.2. The van der Waals surface area contributed by atoms with Crippen molar-refractivity contribution in [2.45, 2.75) is 25.8 Å². The van der Waals surface area contributed by atoms with Crippen molar-refractivity contribution in [2.75, 3.05) is 13.7 Å². The molecule has 0 radical (unpaired) electrons. The Hall–Kier alpha value is -2.90. The first-order chi connectivity index (χ1) is 14.3. The third kappa shape index (κ3) is 3.91. The summed E-state index contributed by atoms with van der Waals surface area (Å²) in [4.78, 5) is 24.6. The average Bonchev–Trinajstić information content (AvgIpc) is 2.73. The van der Waals surface area contributed by atoms with Crippen LogP contribution in [0, 0.1) is 5.82 Å². The highest BCUT2D eigenvalue weighted by atomic mass is 35.5. The Bertz CT molecular complexity index is 1170. The molecule has 0 aliphatic heterocycles. The minimum atomic E-state index is -1.37. The number of carboxylic acids is 1. The summed E-state index contributed by atoms with van der Waals surface area (Å²) < 4.78 is 21.4. The molecule has 2 aromatic carbocycles. The number of rotatable bonds is 7. The summed E-state index contributed by atoms with van der Waals surface area (Å²) in [5.74, 6) is -1.60. The van der Waals surface area contributed by atoms with Crippen LogP contribution in [-0.4, -0.2) is 34.5 Å². The lowest BCUT2D eigenvalue weighted by atomic mass is 10.00. The number of ether oxygens (including phenoxy) is 1. The molecule has 0 bridgehead atoms. The van der Waals surface area contributed by atoms with Gasteiger partial charge in [-0.25, -0.2) is 9.18 Å². The SMILES string of the molecule is CCC(CO)n1cc(C(=O)O)c(=O)c2cc(Cc3cccc(Cl)c3F)cc(OC)c21.